The molecule has 0 spiro atoms. The van der Waals surface area contributed by atoms with Crippen molar-refractivity contribution in [2.75, 3.05) is 7.11 Å². The Balaban J connectivity index is 2.98. The van der Waals surface area contributed by atoms with Gasteiger partial charge < -0.3 is 9.25 Å². The molecule has 17 heavy (non-hydrogen) atoms. The predicted octanol–water partition coefficient (Wildman–Crippen LogP) is 2.03. The Labute approximate surface area is 100 Å². The summed E-state index contributed by atoms with van der Waals surface area (Å²) >= 11 is 0. The van der Waals surface area contributed by atoms with Crippen molar-refractivity contribution >= 4 is 11.5 Å². The van der Waals surface area contributed by atoms with Gasteiger partial charge in [-0.1, -0.05) is 32.9 Å². The normalized spacial score (nSPS) is 12.3. The Morgan fingerprint density at radius 2 is 1.94 bits per heavy atom. The van der Waals surface area contributed by atoms with Crippen molar-refractivity contribution in [1.82, 2.24) is 10.2 Å². The van der Waals surface area contributed by atoms with Gasteiger partial charge in [0.1, 0.15) is 12.8 Å². The van der Waals surface area contributed by atoms with E-state index in [1.165, 1.54) is 7.11 Å². The Morgan fingerprint density at radius 3 is 2.35 bits per heavy atom. The number of carbonyl (C=O) groups excluding carboxylic acids is 1. The minimum atomic E-state index is -0.388. The van der Waals surface area contributed by atoms with Crippen LogP contribution < -0.4 is 0 Å². The van der Waals surface area contributed by atoms with E-state index in [0.717, 1.165) is 0 Å². The molecule has 0 aliphatic carbocycles. The Kier molecular flexibility index (Phi) is 4.37. The van der Waals surface area contributed by atoms with E-state index in [2.05, 4.69) is 20.2 Å². The van der Waals surface area contributed by atoms with E-state index in [9.17, 15) is 4.79 Å². The number of aromatic nitrogens is 2. The lowest BCUT2D eigenvalue weighted by Crippen LogP contribution is -2.21. The molecule has 0 aromatic carbocycles. The smallest absolute Gasteiger partial charge is 0.290 e. The largest absolute Gasteiger partial charge is 0.418 e. The summed E-state index contributed by atoms with van der Waals surface area (Å²) in [4.78, 5) is 16.6. The molecule has 0 saturated carbocycles. The number of rotatable bonds is 5. The third-order valence-corrected chi connectivity index (χ3v) is 2.10. The van der Waals surface area contributed by atoms with Gasteiger partial charge in [-0.25, -0.2) is 0 Å². The van der Waals surface area contributed by atoms with Gasteiger partial charge in [-0.3, -0.25) is 4.79 Å². The van der Waals surface area contributed by atoms with Crippen molar-refractivity contribution in [3.63, 3.8) is 0 Å². The molecule has 0 fully saturated rings. The van der Waals surface area contributed by atoms with E-state index >= 15 is 0 Å². The predicted molar refractivity (Wildman–Crippen MR) is 62.0 cm³/mol. The molecular weight excluding hydrogens is 222 g/mol. The molecule has 1 aromatic rings. The van der Waals surface area contributed by atoms with E-state index in [0.29, 0.717) is 5.89 Å². The maximum Gasteiger partial charge on any atom is 0.290 e. The Morgan fingerprint density at radius 1 is 1.29 bits per heavy atom. The fraction of sp³-hybridized carbons (Fsp3) is 0.636. The van der Waals surface area contributed by atoms with Gasteiger partial charge in [0.05, 0.1) is 0 Å². The second-order valence-corrected chi connectivity index (χ2v) is 4.24. The summed E-state index contributed by atoms with van der Waals surface area (Å²) in [6, 6.07) is 0. The van der Waals surface area contributed by atoms with Crippen molar-refractivity contribution in [2.45, 2.75) is 33.6 Å². The van der Waals surface area contributed by atoms with Crippen LogP contribution in [0.1, 0.15) is 50.2 Å². The van der Waals surface area contributed by atoms with Crippen LogP contribution in [0, 0.1) is 5.92 Å². The molecule has 94 valence electrons. The van der Waals surface area contributed by atoms with E-state index in [4.69, 9.17) is 4.42 Å². The monoisotopic (exact) mass is 239 g/mol. The number of nitrogens with zero attached hydrogens (tertiary/aromatic N) is 3. The van der Waals surface area contributed by atoms with Crippen LogP contribution in [0.15, 0.2) is 9.57 Å². The number of hydrogen-bond donors (Lipinski definition) is 0. The molecule has 0 atom stereocenters. The van der Waals surface area contributed by atoms with Crippen molar-refractivity contribution < 1.29 is 14.0 Å². The van der Waals surface area contributed by atoms with E-state index < -0.39 is 0 Å². The Bertz CT molecular complexity index is 421. The highest BCUT2D eigenvalue weighted by molar-refractivity contribution is 6.45. The van der Waals surface area contributed by atoms with Crippen LogP contribution in [-0.2, 0) is 4.84 Å². The van der Waals surface area contributed by atoms with E-state index in [1.54, 1.807) is 0 Å². The highest BCUT2D eigenvalue weighted by Crippen LogP contribution is 2.14. The fourth-order valence-corrected chi connectivity index (χ4v) is 1.18. The molecule has 1 rings (SSSR count). The van der Waals surface area contributed by atoms with Crippen LogP contribution in [0.3, 0.4) is 0 Å². The second-order valence-electron chi connectivity index (χ2n) is 4.24. The van der Waals surface area contributed by atoms with Gasteiger partial charge >= 0.3 is 0 Å². The molecule has 0 saturated heterocycles. The maximum absolute atomic E-state index is 12.0. The first-order chi connectivity index (χ1) is 7.97. The molecule has 6 nitrogen and oxygen atoms in total. The minimum absolute atomic E-state index is 0.0433. The summed E-state index contributed by atoms with van der Waals surface area (Å²) in [5.74, 6) is 0.0242. The molecule has 1 aromatic heterocycles. The van der Waals surface area contributed by atoms with Crippen LogP contribution in [0.2, 0.25) is 0 Å². The Hall–Kier alpha value is -1.72. The number of ketones is 1. The minimum Gasteiger partial charge on any atom is -0.418 e. The summed E-state index contributed by atoms with van der Waals surface area (Å²) in [7, 11) is 1.39. The quantitative estimate of drug-likeness (QED) is 0.446. The van der Waals surface area contributed by atoms with Crippen molar-refractivity contribution in [3.05, 3.63) is 11.8 Å². The average molecular weight is 239 g/mol. The van der Waals surface area contributed by atoms with Crippen LogP contribution >= 0.6 is 0 Å². The van der Waals surface area contributed by atoms with Gasteiger partial charge in [-0.15, -0.1) is 10.2 Å². The molecular formula is C11H17N3O3. The molecule has 6 heteroatoms. The number of carbonyl (C=O) groups is 1. The number of Topliss-reactive ketones (excluding diaryl/α,β-unsaturated/α-hetero) is 1. The zero-order valence-electron chi connectivity index (χ0n) is 10.7. The van der Waals surface area contributed by atoms with Gasteiger partial charge in [0, 0.05) is 11.8 Å². The molecule has 0 aliphatic heterocycles. The summed E-state index contributed by atoms with van der Waals surface area (Å²) in [6.07, 6.45) is 0. The van der Waals surface area contributed by atoms with Crippen LogP contribution in [0.5, 0.6) is 0 Å². The highest BCUT2D eigenvalue weighted by Gasteiger charge is 2.24. The van der Waals surface area contributed by atoms with Crippen molar-refractivity contribution in [2.24, 2.45) is 11.1 Å². The van der Waals surface area contributed by atoms with Crippen LogP contribution in [-0.4, -0.2) is 28.8 Å². The van der Waals surface area contributed by atoms with Gasteiger partial charge in [0.25, 0.3) is 11.7 Å². The molecule has 1 heterocycles. The first-order valence-corrected chi connectivity index (χ1v) is 5.46. The summed E-state index contributed by atoms with van der Waals surface area (Å²) in [5.41, 5.74) is 0.270. The molecule has 0 bridgehead atoms. The fourth-order valence-electron chi connectivity index (χ4n) is 1.18. The highest BCUT2D eigenvalue weighted by atomic mass is 16.6. The third kappa shape index (κ3) is 3.12. The second kappa shape index (κ2) is 5.56. The average Bonchev–Trinajstić information content (AvgIpc) is 2.73. The molecule has 0 amide bonds. The van der Waals surface area contributed by atoms with Gasteiger partial charge in [-0.05, 0) is 0 Å². The lowest BCUT2D eigenvalue weighted by molar-refractivity contribution is 0.101. The SMILES string of the molecule is CON=C(C(=O)c1nnc(C(C)C)o1)C(C)C. The molecule has 0 radical (unpaired) electrons. The number of hydrogen-bond acceptors (Lipinski definition) is 6. The van der Waals surface area contributed by atoms with E-state index in [-0.39, 0.29) is 29.2 Å². The standard InChI is InChI=1S/C11H17N3O3/c1-6(2)8(14-16-5)9(15)11-13-12-10(17-11)7(3)4/h6-7H,1-5H3. The molecule has 0 aliphatic rings. The summed E-state index contributed by atoms with van der Waals surface area (Å²) < 4.78 is 5.28. The maximum atomic E-state index is 12.0. The van der Waals surface area contributed by atoms with Crippen molar-refractivity contribution in [1.29, 1.82) is 0 Å². The lowest BCUT2D eigenvalue weighted by atomic mass is 10.0. The summed E-state index contributed by atoms with van der Waals surface area (Å²) in [5, 5.41) is 11.2. The topological polar surface area (TPSA) is 77.6 Å². The van der Waals surface area contributed by atoms with Gasteiger partial charge in [0.15, 0.2) is 0 Å². The summed E-state index contributed by atoms with van der Waals surface area (Å²) in [6.45, 7) is 7.51. The first-order valence-electron chi connectivity index (χ1n) is 5.46. The zero-order chi connectivity index (χ0) is 13.0. The molecule has 0 N–H and O–H groups in total. The van der Waals surface area contributed by atoms with Gasteiger partial charge in [-0.2, -0.15) is 0 Å². The third-order valence-electron chi connectivity index (χ3n) is 2.10. The number of oxime groups is 1. The van der Waals surface area contributed by atoms with E-state index in [1.807, 2.05) is 27.7 Å². The van der Waals surface area contributed by atoms with Gasteiger partial charge in [0.2, 0.25) is 5.89 Å². The first kappa shape index (κ1) is 13.3. The van der Waals surface area contributed by atoms with Crippen molar-refractivity contribution in [3.8, 4) is 0 Å². The van der Waals surface area contributed by atoms with Crippen LogP contribution in [0.25, 0.3) is 0 Å². The molecule has 0 unspecified atom stereocenters. The zero-order valence-corrected chi connectivity index (χ0v) is 10.7. The van der Waals surface area contributed by atoms with Crippen LogP contribution in [0.4, 0.5) is 0 Å². The lowest BCUT2D eigenvalue weighted by Gasteiger charge is -2.04.